The van der Waals surface area contributed by atoms with Gasteiger partial charge in [0.05, 0.1) is 37.8 Å². The zero-order valence-corrected chi connectivity index (χ0v) is 16.7. The number of hydrogen-bond donors (Lipinski definition) is 1. The van der Waals surface area contributed by atoms with Crippen LogP contribution >= 0.6 is 11.5 Å². The molecular weight excluding hydrogens is 394 g/mol. The molecule has 2 aromatic heterocycles. The molecule has 1 aliphatic rings. The van der Waals surface area contributed by atoms with E-state index in [0.29, 0.717) is 28.6 Å². The summed E-state index contributed by atoms with van der Waals surface area (Å²) in [5, 5.41) is 11.3. The van der Waals surface area contributed by atoms with Gasteiger partial charge in [0, 0.05) is 11.6 Å². The van der Waals surface area contributed by atoms with E-state index in [2.05, 4.69) is 20.0 Å². The predicted molar refractivity (Wildman–Crippen MR) is 106 cm³/mol. The standard InChI is InChI=1S/C19H19N5O4S/c1-11-18(29-23-21-11)19(26)20-15-9-28-10-16(15)24-17(25)7-6-14(22-24)12-4-3-5-13(8-12)27-2/h3-8,15-16H,9-10H2,1-2H3,(H,20,26). The summed E-state index contributed by atoms with van der Waals surface area (Å²) in [4.78, 5) is 25.5. The minimum absolute atomic E-state index is 0.262. The van der Waals surface area contributed by atoms with E-state index >= 15 is 0 Å². The highest BCUT2D eigenvalue weighted by Gasteiger charge is 2.33. The fraction of sp³-hybridized carbons (Fsp3) is 0.316. The lowest BCUT2D eigenvalue weighted by molar-refractivity contribution is 0.0928. The van der Waals surface area contributed by atoms with E-state index in [9.17, 15) is 9.59 Å². The number of nitrogens with one attached hydrogen (secondary N) is 1. The second-order valence-electron chi connectivity index (χ2n) is 6.61. The first-order chi connectivity index (χ1) is 14.1. The lowest BCUT2D eigenvalue weighted by Crippen LogP contribution is -2.44. The molecule has 150 valence electrons. The summed E-state index contributed by atoms with van der Waals surface area (Å²) in [5.74, 6) is 0.417. The zero-order valence-electron chi connectivity index (χ0n) is 15.9. The van der Waals surface area contributed by atoms with Crippen molar-refractivity contribution in [2.75, 3.05) is 20.3 Å². The van der Waals surface area contributed by atoms with Crippen LogP contribution in [-0.4, -0.2) is 51.6 Å². The number of nitrogens with zero attached hydrogens (tertiary/aromatic N) is 4. The summed E-state index contributed by atoms with van der Waals surface area (Å²) in [6, 6.07) is 9.77. The third-order valence-electron chi connectivity index (χ3n) is 4.73. The molecular formula is C19H19N5O4S. The monoisotopic (exact) mass is 413 g/mol. The van der Waals surface area contributed by atoms with Crippen LogP contribution in [0.15, 0.2) is 41.2 Å². The predicted octanol–water partition coefficient (Wildman–Crippen LogP) is 1.45. The number of methoxy groups -OCH3 is 1. The molecule has 3 heterocycles. The molecule has 0 radical (unpaired) electrons. The number of aromatic nitrogens is 4. The van der Waals surface area contributed by atoms with Crippen molar-refractivity contribution in [3.05, 3.63) is 57.3 Å². The summed E-state index contributed by atoms with van der Waals surface area (Å²) >= 11 is 1.03. The highest BCUT2D eigenvalue weighted by molar-refractivity contribution is 7.08. The van der Waals surface area contributed by atoms with Gasteiger partial charge in [-0.15, -0.1) is 5.10 Å². The Hall–Kier alpha value is -3.11. The smallest absolute Gasteiger partial charge is 0.267 e. The van der Waals surface area contributed by atoms with Crippen molar-refractivity contribution in [3.8, 4) is 17.0 Å². The average molecular weight is 413 g/mol. The van der Waals surface area contributed by atoms with E-state index in [-0.39, 0.29) is 18.1 Å². The Morgan fingerprint density at radius 3 is 2.93 bits per heavy atom. The van der Waals surface area contributed by atoms with Gasteiger partial charge >= 0.3 is 0 Å². The Bertz CT molecular complexity index is 1100. The molecule has 0 saturated carbocycles. The zero-order chi connectivity index (χ0) is 20.4. The van der Waals surface area contributed by atoms with E-state index < -0.39 is 12.1 Å². The van der Waals surface area contributed by atoms with Gasteiger partial charge in [-0.2, -0.15) is 5.10 Å². The molecule has 29 heavy (non-hydrogen) atoms. The van der Waals surface area contributed by atoms with Crippen LogP contribution in [-0.2, 0) is 4.74 Å². The lowest BCUT2D eigenvalue weighted by Gasteiger charge is -2.20. The maximum Gasteiger partial charge on any atom is 0.267 e. The van der Waals surface area contributed by atoms with Crippen LogP contribution in [0.4, 0.5) is 0 Å². The van der Waals surface area contributed by atoms with Crippen molar-refractivity contribution in [2.24, 2.45) is 0 Å². The number of amides is 1. The van der Waals surface area contributed by atoms with Gasteiger partial charge in [0.2, 0.25) is 0 Å². The fourth-order valence-corrected chi connectivity index (χ4v) is 3.75. The van der Waals surface area contributed by atoms with Gasteiger partial charge < -0.3 is 14.8 Å². The number of ether oxygens (including phenoxy) is 2. The van der Waals surface area contributed by atoms with Crippen molar-refractivity contribution >= 4 is 17.4 Å². The second kappa shape index (κ2) is 8.10. The van der Waals surface area contributed by atoms with E-state index in [0.717, 1.165) is 17.1 Å². The van der Waals surface area contributed by atoms with Gasteiger partial charge in [-0.25, -0.2) is 4.68 Å². The molecule has 2 atom stereocenters. The molecule has 9 nitrogen and oxygen atoms in total. The number of rotatable bonds is 5. The number of carbonyl (C=O) groups excluding carboxylic acids is 1. The van der Waals surface area contributed by atoms with Gasteiger partial charge in [0.25, 0.3) is 11.5 Å². The third-order valence-corrected chi connectivity index (χ3v) is 5.56. The third kappa shape index (κ3) is 3.89. The first kappa shape index (κ1) is 19.2. The van der Waals surface area contributed by atoms with Gasteiger partial charge in [0.1, 0.15) is 16.7 Å². The van der Waals surface area contributed by atoms with E-state index in [4.69, 9.17) is 9.47 Å². The fourth-order valence-electron chi connectivity index (χ4n) is 3.19. The Labute approximate surface area is 170 Å². The molecule has 1 aromatic carbocycles. The quantitative estimate of drug-likeness (QED) is 0.674. The molecule has 0 bridgehead atoms. The second-order valence-corrected chi connectivity index (χ2v) is 7.36. The van der Waals surface area contributed by atoms with Gasteiger partial charge in [-0.3, -0.25) is 9.59 Å². The molecule has 1 aliphatic heterocycles. The van der Waals surface area contributed by atoms with Crippen molar-refractivity contribution in [3.63, 3.8) is 0 Å². The van der Waals surface area contributed by atoms with Crippen LogP contribution in [0, 0.1) is 6.92 Å². The topological polar surface area (TPSA) is 108 Å². The molecule has 1 N–H and O–H groups in total. The van der Waals surface area contributed by atoms with E-state index in [1.54, 1.807) is 20.1 Å². The maximum atomic E-state index is 12.5. The normalized spacial score (nSPS) is 18.6. The van der Waals surface area contributed by atoms with Crippen LogP contribution < -0.4 is 15.6 Å². The number of benzene rings is 1. The molecule has 0 spiro atoms. The summed E-state index contributed by atoms with van der Waals surface area (Å²) in [7, 11) is 1.59. The molecule has 1 amide bonds. The minimum atomic E-state index is -0.418. The summed E-state index contributed by atoms with van der Waals surface area (Å²) in [6.45, 7) is 2.29. The number of carbonyl (C=O) groups is 1. The SMILES string of the molecule is COc1cccc(-c2ccc(=O)n(C3COCC3NC(=O)c3snnc3C)n2)c1. The van der Waals surface area contributed by atoms with Gasteiger partial charge in [0.15, 0.2) is 0 Å². The Morgan fingerprint density at radius 1 is 1.31 bits per heavy atom. The minimum Gasteiger partial charge on any atom is -0.497 e. The van der Waals surface area contributed by atoms with Crippen LogP contribution in [0.5, 0.6) is 5.75 Å². The average Bonchev–Trinajstić information content (AvgIpc) is 3.37. The Kier molecular flexibility index (Phi) is 5.36. The Balaban J connectivity index is 1.62. The summed E-state index contributed by atoms with van der Waals surface area (Å²) < 4.78 is 16.0. The van der Waals surface area contributed by atoms with E-state index in [1.807, 2.05) is 24.3 Å². The molecule has 1 saturated heterocycles. The lowest BCUT2D eigenvalue weighted by atomic mass is 10.1. The highest BCUT2D eigenvalue weighted by atomic mass is 32.1. The molecule has 3 aromatic rings. The number of aryl methyl sites for hydroxylation is 1. The van der Waals surface area contributed by atoms with Crippen LogP contribution in [0.2, 0.25) is 0 Å². The Morgan fingerprint density at radius 2 is 2.17 bits per heavy atom. The van der Waals surface area contributed by atoms with Crippen molar-refractivity contribution < 1.29 is 14.3 Å². The van der Waals surface area contributed by atoms with Crippen LogP contribution in [0.1, 0.15) is 21.4 Å². The molecule has 2 unspecified atom stereocenters. The first-order valence-corrected chi connectivity index (χ1v) is 9.76. The van der Waals surface area contributed by atoms with E-state index in [1.165, 1.54) is 10.7 Å². The highest BCUT2D eigenvalue weighted by Crippen LogP contribution is 2.23. The molecule has 10 heteroatoms. The first-order valence-electron chi connectivity index (χ1n) is 8.98. The summed E-state index contributed by atoms with van der Waals surface area (Å²) in [6.07, 6.45) is 0. The van der Waals surface area contributed by atoms with Crippen molar-refractivity contribution in [1.82, 2.24) is 24.7 Å². The van der Waals surface area contributed by atoms with Gasteiger partial charge in [-0.1, -0.05) is 16.6 Å². The van der Waals surface area contributed by atoms with Gasteiger partial charge in [-0.05, 0) is 36.7 Å². The largest absolute Gasteiger partial charge is 0.497 e. The number of hydrogen-bond acceptors (Lipinski definition) is 8. The molecule has 0 aliphatic carbocycles. The molecule has 4 rings (SSSR count). The van der Waals surface area contributed by atoms with Crippen LogP contribution in [0.3, 0.4) is 0 Å². The van der Waals surface area contributed by atoms with Crippen molar-refractivity contribution in [2.45, 2.75) is 19.0 Å². The maximum absolute atomic E-state index is 12.5. The molecule has 1 fully saturated rings. The van der Waals surface area contributed by atoms with Crippen LogP contribution in [0.25, 0.3) is 11.3 Å². The van der Waals surface area contributed by atoms with Crippen molar-refractivity contribution in [1.29, 1.82) is 0 Å². The summed E-state index contributed by atoms with van der Waals surface area (Å²) in [5.41, 5.74) is 1.76.